The van der Waals surface area contributed by atoms with E-state index in [2.05, 4.69) is 22.5 Å². The van der Waals surface area contributed by atoms with Gasteiger partial charge in [-0.3, -0.25) is 4.99 Å². The molecule has 1 rings (SSSR count). The molecule has 0 fully saturated rings. The van der Waals surface area contributed by atoms with Crippen molar-refractivity contribution in [1.82, 2.24) is 10.6 Å². The van der Waals surface area contributed by atoms with Crippen molar-refractivity contribution in [1.29, 1.82) is 0 Å². The second-order valence-electron chi connectivity index (χ2n) is 5.34. The van der Waals surface area contributed by atoms with Gasteiger partial charge in [-0.15, -0.1) is 24.0 Å². The smallest absolute Gasteiger partial charge is 0.389 e. The highest BCUT2D eigenvalue weighted by atomic mass is 127. The molecule has 0 aliphatic heterocycles. The highest BCUT2D eigenvalue weighted by molar-refractivity contribution is 14.0. The van der Waals surface area contributed by atoms with Gasteiger partial charge in [-0.2, -0.15) is 13.2 Å². The topological polar surface area (TPSA) is 49.6 Å². The van der Waals surface area contributed by atoms with Gasteiger partial charge in [-0.25, -0.2) is 0 Å². The predicted molar refractivity (Wildman–Crippen MR) is 101 cm³/mol. The van der Waals surface area contributed by atoms with E-state index < -0.39 is 12.6 Å². The largest absolute Gasteiger partial charge is 0.469 e. The third-order valence-corrected chi connectivity index (χ3v) is 3.21. The zero-order chi connectivity index (χ0) is 17.0. The van der Waals surface area contributed by atoms with E-state index in [4.69, 9.17) is 4.42 Å². The Labute approximate surface area is 158 Å². The summed E-state index contributed by atoms with van der Waals surface area (Å²) >= 11 is 0. The molecule has 0 bridgehead atoms. The van der Waals surface area contributed by atoms with E-state index in [1.165, 1.54) is 0 Å². The van der Waals surface area contributed by atoms with E-state index in [0.29, 0.717) is 25.5 Å². The number of alkyl halides is 3. The minimum Gasteiger partial charge on any atom is -0.469 e. The number of halogens is 4. The van der Waals surface area contributed by atoms with Crippen LogP contribution in [-0.4, -0.2) is 31.8 Å². The van der Waals surface area contributed by atoms with E-state index in [1.807, 2.05) is 12.1 Å². The minimum absolute atomic E-state index is 0. The molecule has 24 heavy (non-hydrogen) atoms. The Hall–Kier alpha value is -0.930. The molecule has 4 nitrogen and oxygen atoms in total. The second kappa shape index (κ2) is 13.4. The molecular weight excluding hydrogens is 434 g/mol. The maximum absolute atomic E-state index is 12.1. The van der Waals surface area contributed by atoms with Crippen molar-refractivity contribution in [3.63, 3.8) is 0 Å². The lowest BCUT2D eigenvalue weighted by atomic mass is 10.2. The number of rotatable bonds is 10. The van der Waals surface area contributed by atoms with Gasteiger partial charge < -0.3 is 15.1 Å². The van der Waals surface area contributed by atoms with Crippen LogP contribution in [-0.2, 0) is 6.42 Å². The lowest BCUT2D eigenvalue weighted by molar-refractivity contribution is -0.135. The molecule has 0 amide bonds. The highest BCUT2D eigenvalue weighted by Gasteiger charge is 2.25. The van der Waals surface area contributed by atoms with Crippen LogP contribution in [0.3, 0.4) is 0 Å². The van der Waals surface area contributed by atoms with Gasteiger partial charge in [0.15, 0.2) is 5.96 Å². The van der Waals surface area contributed by atoms with Gasteiger partial charge in [0.1, 0.15) is 5.76 Å². The van der Waals surface area contributed by atoms with Crippen molar-refractivity contribution in [2.75, 3.05) is 19.6 Å². The van der Waals surface area contributed by atoms with Crippen LogP contribution >= 0.6 is 24.0 Å². The predicted octanol–water partition coefficient (Wildman–Crippen LogP) is 4.51. The molecular formula is C16H27F3IN3O. The molecule has 0 spiro atoms. The average Bonchev–Trinajstić information content (AvgIpc) is 2.98. The van der Waals surface area contributed by atoms with Crippen LogP contribution in [0.2, 0.25) is 0 Å². The lowest BCUT2D eigenvalue weighted by Gasteiger charge is -2.12. The summed E-state index contributed by atoms with van der Waals surface area (Å²) in [6.45, 7) is 3.94. The van der Waals surface area contributed by atoms with E-state index in [9.17, 15) is 13.2 Å². The first-order chi connectivity index (χ1) is 11.0. The van der Waals surface area contributed by atoms with Crippen molar-refractivity contribution in [2.24, 2.45) is 4.99 Å². The number of nitrogens with one attached hydrogen (secondary N) is 2. The maximum Gasteiger partial charge on any atom is 0.389 e. The van der Waals surface area contributed by atoms with Crippen LogP contribution < -0.4 is 10.6 Å². The molecule has 0 saturated heterocycles. The Bertz CT molecular complexity index is 436. The first kappa shape index (κ1) is 23.1. The summed E-state index contributed by atoms with van der Waals surface area (Å²) in [6.07, 6.45) is 0.172. The van der Waals surface area contributed by atoms with Crippen LogP contribution in [0.25, 0.3) is 0 Å². The van der Waals surface area contributed by atoms with E-state index in [1.54, 1.807) is 6.26 Å². The third-order valence-electron chi connectivity index (χ3n) is 3.21. The van der Waals surface area contributed by atoms with Gasteiger partial charge in [0.2, 0.25) is 0 Å². The summed E-state index contributed by atoms with van der Waals surface area (Å²) in [4.78, 5) is 4.33. The van der Waals surface area contributed by atoms with Gasteiger partial charge in [-0.1, -0.05) is 13.3 Å². The van der Waals surface area contributed by atoms with Crippen LogP contribution in [0.1, 0.15) is 44.8 Å². The molecule has 0 atom stereocenters. The van der Waals surface area contributed by atoms with Gasteiger partial charge in [0, 0.05) is 32.5 Å². The standard InChI is InChI=1S/C16H26F3N3O.HI/c1-2-3-10-20-15(21-11-5-4-9-16(17,18)19)22-12-8-14-7-6-13-23-14;/h6-7,13H,2-5,8-12H2,1H3,(H2,20,21,22);1H. The SMILES string of the molecule is CCCCNC(=NCCCCC(F)(F)F)NCCc1ccco1.I. The fourth-order valence-corrected chi connectivity index (χ4v) is 1.94. The van der Waals surface area contributed by atoms with Gasteiger partial charge >= 0.3 is 6.18 Å². The Kier molecular flexibility index (Phi) is 12.9. The van der Waals surface area contributed by atoms with Gasteiger partial charge in [0.05, 0.1) is 6.26 Å². The summed E-state index contributed by atoms with van der Waals surface area (Å²) in [7, 11) is 0. The van der Waals surface area contributed by atoms with E-state index in [0.717, 1.165) is 31.6 Å². The number of nitrogens with zero attached hydrogens (tertiary/aromatic N) is 1. The molecule has 8 heteroatoms. The third kappa shape index (κ3) is 12.5. The number of furan rings is 1. The Morgan fingerprint density at radius 1 is 1.17 bits per heavy atom. The van der Waals surface area contributed by atoms with Gasteiger partial charge in [-0.05, 0) is 31.4 Å². The maximum atomic E-state index is 12.1. The first-order valence-electron chi connectivity index (χ1n) is 8.12. The fourth-order valence-electron chi connectivity index (χ4n) is 1.94. The number of guanidine groups is 1. The number of aliphatic imine (C=N–C) groups is 1. The summed E-state index contributed by atoms with van der Waals surface area (Å²) < 4.78 is 41.5. The quantitative estimate of drug-likeness (QED) is 0.233. The first-order valence-corrected chi connectivity index (χ1v) is 8.12. The normalized spacial score (nSPS) is 11.9. The molecule has 0 aliphatic carbocycles. The molecule has 0 aromatic carbocycles. The zero-order valence-electron chi connectivity index (χ0n) is 14.0. The van der Waals surface area contributed by atoms with Crippen molar-refractivity contribution in [2.45, 2.75) is 51.6 Å². The molecule has 0 aliphatic rings. The van der Waals surface area contributed by atoms with Crippen LogP contribution in [0.15, 0.2) is 27.8 Å². The van der Waals surface area contributed by atoms with Crippen molar-refractivity contribution in [3.8, 4) is 0 Å². The second-order valence-corrected chi connectivity index (χ2v) is 5.34. The Morgan fingerprint density at radius 3 is 2.54 bits per heavy atom. The van der Waals surface area contributed by atoms with E-state index in [-0.39, 0.29) is 30.4 Å². The molecule has 1 aromatic rings. The van der Waals surface area contributed by atoms with Crippen LogP contribution in [0, 0.1) is 0 Å². The highest BCUT2D eigenvalue weighted by Crippen LogP contribution is 2.21. The number of hydrogen-bond acceptors (Lipinski definition) is 2. The van der Waals surface area contributed by atoms with Crippen molar-refractivity contribution >= 4 is 29.9 Å². The van der Waals surface area contributed by atoms with Crippen LogP contribution in [0.5, 0.6) is 0 Å². The lowest BCUT2D eigenvalue weighted by Crippen LogP contribution is -2.39. The summed E-state index contributed by atoms with van der Waals surface area (Å²) in [6, 6.07) is 3.74. The zero-order valence-corrected chi connectivity index (χ0v) is 16.3. The monoisotopic (exact) mass is 461 g/mol. The molecule has 0 unspecified atom stereocenters. The Balaban J connectivity index is 0.00000529. The number of hydrogen-bond donors (Lipinski definition) is 2. The fraction of sp³-hybridized carbons (Fsp3) is 0.688. The van der Waals surface area contributed by atoms with Crippen LogP contribution in [0.4, 0.5) is 13.2 Å². The van der Waals surface area contributed by atoms with Crippen molar-refractivity contribution in [3.05, 3.63) is 24.2 Å². The molecule has 1 aromatic heterocycles. The molecule has 1 heterocycles. The molecule has 140 valence electrons. The summed E-state index contributed by atoms with van der Waals surface area (Å²) in [5.74, 6) is 1.53. The minimum atomic E-state index is -4.08. The summed E-state index contributed by atoms with van der Waals surface area (Å²) in [5.41, 5.74) is 0. The van der Waals surface area contributed by atoms with Gasteiger partial charge in [0.25, 0.3) is 0 Å². The Morgan fingerprint density at radius 2 is 1.92 bits per heavy atom. The molecule has 2 N–H and O–H groups in total. The molecule has 0 saturated carbocycles. The number of unbranched alkanes of at least 4 members (excludes halogenated alkanes) is 2. The van der Waals surface area contributed by atoms with E-state index >= 15 is 0 Å². The average molecular weight is 461 g/mol. The summed E-state index contributed by atoms with van der Waals surface area (Å²) in [5, 5.41) is 6.37. The van der Waals surface area contributed by atoms with Crippen molar-refractivity contribution < 1.29 is 17.6 Å². The molecule has 0 radical (unpaired) electrons.